The van der Waals surface area contributed by atoms with Crippen LogP contribution < -0.4 is 0 Å². The molecule has 0 saturated carbocycles. The van der Waals surface area contributed by atoms with Crippen LogP contribution in [0.1, 0.15) is 58.1 Å². The molecule has 0 atom stereocenters. The highest BCUT2D eigenvalue weighted by atomic mass is 16.3. The van der Waals surface area contributed by atoms with E-state index in [1.165, 1.54) is 12.8 Å². The van der Waals surface area contributed by atoms with Gasteiger partial charge in [-0.3, -0.25) is 0 Å². The van der Waals surface area contributed by atoms with Gasteiger partial charge in [-0.2, -0.15) is 0 Å². The molecule has 19 heavy (non-hydrogen) atoms. The monoisotopic (exact) mass is 262 g/mol. The van der Waals surface area contributed by atoms with E-state index < -0.39 is 0 Å². The first-order valence-electron chi connectivity index (χ1n) is 7.15. The van der Waals surface area contributed by atoms with Crippen molar-refractivity contribution < 1.29 is 10.2 Å². The van der Waals surface area contributed by atoms with Crippen molar-refractivity contribution >= 4 is 0 Å². The predicted octanol–water partition coefficient (Wildman–Crippen LogP) is 4.68. The van der Waals surface area contributed by atoms with Crippen LogP contribution in [-0.2, 0) is 11.8 Å². The van der Waals surface area contributed by atoms with Gasteiger partial charge in [0.25, 0.3) is 0 Å². The minimum Gasteiger partial charge on any atom is -0.508 e. The van der Waals surface area contributed by atoms with Gasteiger partial charge in [-0.15, -0.1) is 0 Å². The summed E-state index contributed by atoms with van der Waals surface area (Å²) in [4.78, 5) is 0. The molecule has 0 aliphatic heterocycles. The van der Waals surface area contributed by atoms with Gasteiger partial charge < -0.3 is 10.2 Å². The Labute approximate surface area is 116 Å². The van der Waals surface area contributed by atoms with Crippen LogP contribution in [0.15, 0.2) is 24.3 Å². The van der Waals surface area contributed by atoms with Crippen LogP contribution in [-0.4, -0.2) is 10.2 Å². The van der Waals surface area contributed by atoms with E-state index in [2.05, 4.69) is 32.9 Å². The zero-order valence-electron chi connectivity index (χ0n) is 12.5. The molecule has 0 heterocycles. The normalized spacial score (nSPS) is 12.2. The number of hydrogen-bond donors (Lipinski definition) is 2. The molecule has 0 aromatic heterocycles. The summed E-state index contributed by atoms with van der Waals surface area (Å²) in [5.74, 6) is 0.375. The second-order valence-corrected chi connectivity index (χ2v) is 5.61. The highest BCUT2D eigenvalue weighted by Crippen LogP contribution is 2.35. The molecule has 1 rings (SSSR count). The fourth-order valence-corrected chi connectivity index (χ4v) is 2.17. The van der Waals surface area contributed by atoms with Crippen molar-refractivity contribution in [2.45, 2.75) is 58.8 Å². The van der Waals surface area contributed by atoms with Gasteiger partial charge in [-0.1, -0.05) is 52.7 Å². The van der Waals surface area contributed by atoms with Gasteiger partial charge in [0.1, 0.15) is 11.5 Å². The van der Waals surface area contributed by atoms with E-state index in [1.807, 2.05) is 6.92 Å². The number of aromatic hydroxyl groups is 2. The van der Waals surface area contributed by atoms with Crippen LogP contribution >= 0.6 is 0 Å². The topological polar surface area (TPSA) is 40.5 Å². The van der Waals surface area contributed by atoms with E-state index in [-0.39, 0.29) is 16.9 Å². The summed E-state index contributed by atoms with van der Waals surface area (Å²) in [6.07, 6.45) is 8.43. The molecular formula is C17H26O2. The minimum absolute atomic E-state index is 0.186. The third-order valence-electron chi connectivity index (χ3n) is 3.56. The van der Waals surface area contributed by atoms with Crippen molar-refractivity contribution in [2.24, 2.45) is 0 Å². The Morgan fingerprint density at radius 1 is 1.11 bits per heavy atom. The summed E-state index contributed by atoms with van der Waals surface area (Å²) >= 11 is 0. The molecular weight excluding hydrogens is 236 g/mol. The number of allylic oxidation sites excluding steroid dienone is 2. The number of phenols is 2. The van der Waals surface area contributed by atoms with E-state index in [0.717, 1.165) is 12.0 Å². The van der Waals surface area contributed by atoms with Crippen molar-refractivity contribution in [3.05, 3.63) is 35.4 Å². The summed E-state index contributed by atoms with van der Waals surface area (Å²) in [7, 11) is 0. The maximum Gasteiger partial charge on any atom is 0.122 e. The van der Waals surface area contributed by atoms with Crippen LogP contribution in [0.2, 0.25) is 0 Å². The molecule has 0 radical (unpaired) electrons. The minimum atomic E-state index is -0.186. The molecule has 0 amide bonds. The summed E-state index contributed by atoms with van der Waals surface area (Å²) in [5, 5.41) is 19.9. The standard InChI is InChI=1S/C17H26O2/c1-5-7-8-9-10-17(3,4)13-11-15(18)14(6-2)16(19)12-13/h9-12,18-19H,5-8H2,1-4H3/b10-9-. The van der Waals surface area contributed by atoms with Gasteiger partial charge in [0.05, 0.1) is 0 Å². The molecule has 0 bridgehead atoms. The van der Waals surface area contributed by atoms with E-state index >= 15 is 0 Å². The summed E-state index contributed by atoms with van der Waals surface area (Å²) in [6.45, 7) is 8.29. The van der Waals surface area contributed by atoms with E-state index in [9.17, 15) is 10.2 Å². The van der Waals surface area contributed by atoms with Gasteiger partial charge >= 0.3 is 0 Å². The lowest BCUT2D eigenvalue weighted by Crippen LogP contribution is -2.13. The molecule has 0 aliphatic rings. The first-order valence-corrected chi connectivity index (χ1v) is 7.15. The largest absolute Gasteiger partial charge is 0.508 e. The Balaban J connectivity index is 2.98. The van der Waals surface area contributed by atoms with Crippen molar-refractivity contribution in [1.82, 2.24) is 0 Å². The van der Waals surface area contributed by atoms with Crippen LogP contribution in [0.4, 0.5) is 0 Å². The molecule has 2 heteroatoms. The summed E-state index contributed by atoms with van der Waals surface area (Å²) in [6, 6.07) is 3.53. The molecule has 2 N–H and O–H groups in total. The van der Waals surface area contributed by atoms with Crippen LogP contribution in [0.3, 0.4) is 0 Å². The number of unbranched alkanes of at least 4 members (excludes halogenated alkanes) is 2. The fourth-order valence-electron chi connectivity index (χ4n) is 2.17. The maximum atomic E-state index is 9.96. The average molecular weight is 262 g/mol. The lowest BCUT2D eigenvalue weighted by atomic mass is 9.83. The second-order valence-electron chi connectivity index (χ2n) is 5.61. The lowest BCUT2D eigenvalue weighted by Gasteiger charge is -2.22. The second kappa shape index (κ2) is 6.65. The van der Waals surface area contributed by atoms with Crippen LogP contribution in [0.25, 0.3) is 0 Å². The van der Waals surface area contributed by atoms with Gasteiger partial charge in [0.15, 0.2) is 0 Å². The molecule has 0 aliphatic carbocycles. The number of hydrogen-bond acceptors (Lipinski definition) is 2. The smallest absolute Gasteiger partial charge is 0.122 e. The van der Waals surface area contributed by atoms with Crippen molar-refractivity contribution in [1.29, 1.82) is 0 Å². The predicted molar refractivity (Wildman–Crippen MR) is 80.8 cm³/mol. The Morgan fingerprint density at radius 3 is 2.16 bits per heavy atom. The SMILES string of the molecule is CCCC/C=C\C(C)(C)c1cc(O)c(CC)c(O)c1. The zero-order chi connectivity index (χ0) is 14.5. The third-order valence-corrected chi connectivity index (χ3v) is 3.56. The Bertz CT molecular complexity index is 422. The molecule has 106 valence electrons. The number of benzene rings is 1. The molecule has 0 fully saturated rings. The fraction of sp³-hybridized carbons (Fsp3) is 0.529. The first kappa shape index (κ1) is 15.6. The quantitative estimate of drug-likeness (QED) is 0.577. The highest BCUT2D eigenvalue weighted by Gasteiger charge is 2.20. The highest BCUT2D eigenvalue weighted by molar-refractivity contribution is 5.49. The molecule has 2 nitrogen and oxygen atoms in total. The van der Waals surface area contributed by atoms with E-state index in [1.54, 1.807) is 12.1 Å². The van der Waals surface area contributed by atoms with E-state index in [0.29, 0.717) is 12.0 Å². The van der Waals surface area contributed by atoms with Crippen molar-refractivity contribution in [3.63, 3.8) is 0 Å². The van der Waals surface area contributed by atoms with Crippen molar-refractivity contribution in [2.75, 3.05) is 0 Å². The lowest BCUT2D eigenvalue weighted by molar-refractivity contribution is 0.435. The first-order chi connectivity index (χ1) is 8.92. The van der Waals surface area contributed by atoms with Gasteiger partial charge in [-0.05, 0) is 30.5 Å². The Kier molecular flexibility index (Phi) is 5.46. The van der Waals surface area contributed by atoms with Gasteiger partial charge in [0.2, 0.25) is 0 Å². The molecule has 0 unspecified atom stereocenters. The van der Waals surface area contributed by atoms with Gasteiger partial charge in [-0.25, -0.2) is 0 Å². The molecule has 1 aromatic rings. The van der Waals surface area contributed by atoms with Crippen molar-refractivity contribution in [3.8, 4) is 11.5 Å². The Hall–Kier alpha value is -1.44. The number of rotatable bonds is 6. The number of phenolic OH excluding ortho intramolecular Hbond substituents is 2. The average Bonchev–Trinajstić information content (AvgIpc) is 2.34. The van der Waals surface area contributed by atoms with Crippen LogP contribution in [0.5, 0.6) is 11.5 Å². The summed E-state index contributed by atoms with van der Waals surface area (Å²) < 4.78 is 0. The molecule has 0 saturated heterocycles. The molecule has 0 spiro atoms. The third kappa shape index (κ3) is 4.02. The van der Waals surface area contributed by atoms with Crippen LogP contribution in [0, 0.1) is 0 Å². The Morgan fingerprint density at radius 2 is 1.68 bits per heavy atom. The zero-order valence-corrected chi connectivity index (χ0v) is 12.5. The van der Waals surface area contributed by atoms with E-state index in [4.69, 9.17) is 0 Å². The van der Waals surface area contributed by atoms with Gasteiger partial charge in [0, 0.05) is 11.0 Å². The molecule has 1 aromatic carbocycles. The summed E-state index contributed by atoms with van der Waals surface area (Å²) in [5.41, 5.74) is 1.37. The maximum absolute atomic E-state index is 9.96.